The van der Waals surface area contributed by atoms with Gasteiger partial charge in [-0.15, -0.1) is 0 Å². The largest absolute Gasteiger partial charge is 0.278 e. The lowest BCUT2D eigenvalue weighted by molar-refractivity contribution is 0.599. The fraction of sp³-hybridized carbons (Fsp3) is 0. The molecule has 0 atom stereocenters. The van der Waals surface area contributed by atoms with Crippen LogP contribution in [0, 0.1) is 0 Å². The molecule has 0 radical (unpaired) electrons. The van der Waals surface area contributed by atoms with Crippen molar-refractivity contribution >= 4 is 43.0 Å². The molecule has 0 heterocycles. The number of nitrogens with one attached hydrogen (secondary N) is 2. The lowest BCUT2D eigenvalue weighted by Gasteiger charge is -2.14. The monoisotopic (exact) mass is 422 g/mol. The molecule has 27 heavy (non-hydrogen) atoms. The highest BCUT2D eigenvalue weighted by molar-refractivity contribution is 7.93. The zero-order valence-electron chi connectivity index (χ0n) is 13.8. The van der Waals surface area contributed by atoms with Crippen molar-refractivity contribution in [1.82, 2.24) is 0 Å². The van der Waals surface area contributed by atoms with Crippen molar-refractivity contribution in [2.24, 2.45) is 0 Å². The molecule has 9 heteroatoms. The smallest absolute Gasteiger partial charge is 0.261 e. The minimum atomic E-state index is -3.86. The Kier molecular flexibility index (Phi) is 5.41. The number of sulfonamides is 2. The maximum atomic E-state index is 12.5. The van der Waals surface area contributed by atoms with Gasteiger partial charge in [-0.25, -0.2) is 16.8 Å². The SMILES string of the molecule is O=S(=O)(Nc1cccc(NS(=O)(=O)c2ccccc2)c1Cl)c1ccccc1. The minimum absolute atomic E-state index is 0.0588. The normalized spacial score (nSPS) is 11.7. The second-order valence-corrected chi connectivity index (χ2v) is 9.25. The molecule has 0 amide bonds. The van der Waals surface area contributed by atoms with Crippen molar-refractivity contribution in [3.63, 3.8) is 0 Å². The number of rotatable bonds is 6. The van der Waals surface area contributed by atoms with E-state index >= 15 is 0 Å². The van der Waals surface area contributed by atoms with Crippen molar-refractivity contribution in [2.75, 3.05) is 9.44 Å². The van der Waals surface area contributed by atoms with Gasteiger partial charge in [0.05, 0.1) is 26.2 Å². The second kappa shape index (κ2) is 7.59. The first-order valence-electron chi connectivity index (χ1n) is 7.74. The van der Waals surface area contributed by atoms with Crippen LogP contribution < -0.4 is 9.44 Å². The van der Waals surface area contributed by atoms with Crippen molar-refractivity contribution in [2.45, 2.75) is 9.79 Å². The van der Waals surface area contributed by atoms with Gasteiger partial charge in [0.15, 0.2) is 0 Å². The van der Waals surface area contributed by atoms with E-state index in [9.17, 15) is 16.8 Å². The molecule has 0 unspecified atom stereocenters. The van der Waals surface area contributed by atoms with E-state index in [0.29, 0.717) is 0 Å². The molecule has 0 saturated carbocycles. The quantitative estimate of drug-likeness (QED) is 0.629. The highest BCUT2D eigenvalue weighted by Crippen LogP contribution is 2.33. The zero-order valence-corrected chi connectivity index (χ0v) is 16.2. The third kappa shape index (κ3) is 4.41. The Morgan fingerprint density at radius 2 is 0.926 bits per heavy atom. The Morgan fingerprint density at radius 3 is 1.30 bits per heavy atom. The van der Waals surface area contributed by atoms with Crippen molar-refractivity contribution in [3.05, 3.63) is 83.9 Å². The van der Waals surface area contributed by atoms with Gasteiger partial charge in [-0.1, -0.05) is 54.1 Å². The van der Waals surface area contributed by atoms with E-state index in [2.05, 4.69) is 9.44 Å². The summed E-state index contributed by atoms with van der Waals surface area (Å²) in [6.07, 6.45) is 0. The molecule has 140 valence electrons. The lowest BCUT2D eigenvalue weighted by Crippen LogP contribution is -2.15. The number of benzene rings is 3. The molecule has 0 saturated heterocycles. The molecule has 0 aromatic heterocycles. The van der Waals surface area contributed by atoms with Crippen LogP contribution in [0.3, 0.4) is 0 Å². The van der Waals surface area contributed by atoms with E-state index in [1.807, 2.05) is 0 Å². The average Bonchev–Trinajstić information content (AvgIpc) is 2.66. The Hall–Kier alpha value is -2.55. The van der Waals surface area contributed by atoms with E-state index in [1.54, 1.807) is 36.4 Å². The summed E-state index contributed by atoms with van der Waals surface area (Å²) >= 11 is 6.24. The predicted molar refractivity (Wildman–Crippen MR) is 106 cm³/mol. The van der Waals surface area contributed by atoms with E-state index < -0.39 is 20.0 Å². The van der Waals surface area contributed by atoms with Crippen LogP contribution in [0.2, 0.25) is 5.02 Å². The number of anilines is 2. The van der Waals surface area contributed by atoms with Gasteiger partial charge >= 0.3 is 0 Å². The van der Waals surface area contributed by atoms with Gasteiger partial charge in [-0.2, -0.15) is 0 Å². The molecule has 3 rings (SSSR count). The van der Waals surface area contributed by atoms with Gasteiger partial charge in [-0.05, 0) is 36.4 Å². The summed E-state index contributed by atoms with van der Waals surface area (Å²) < 4.78 is 54.6. The molecule has 0 aliphatic carbocycles. The molecule has 2 N–H and O–H groups in total. The Balaban J connectivity index is 1.91. The first-order valence-corrected chi connectivity index (χ1v) is 11.1. The summed E-state index contributed by atoms with van der Waals surface area (Å²) in [5.74, 6) is 0. The summed E-state index contributed by atoms with van der Waals surface area (Å²) in [5.41, 5.74) is 0.127. The van der Waals surface area contributed by atoms with E-state index in [-0.39, 0.29) is 26.2 Å². The second-order valence-electron chi connectivity index (χ2n) is 5.50. The molecule has 3 aromatic rings. The number of hydrogen-bond donors (Lipinski definition) is 2. The zero-order chi connectivity index (χ0) is 19.5. The van der Waals surface area contributed by atoms with Gasteiger partial charge in [-0.3, -0.25) is 9.44 Å². The molecule has 0 fully saturated rings. The van der Waals surface area contributed by atoms with Crippen LogP contribution in [0.5, 0.6) is 0 Å². The minimum Gasteiger partial charge on any atom is -0.278 e. The van der Waals surface area contributed by atoms with Crippen LogP contribution in [0.25, 0.3) is 0 Å². The number of hydrogen-bond acceptors (Lipinski definition) is 4. The molecule has 0 aliphatic rings. The molecule has 6 nitrogen and oxygen atoms in total. The maximum absolute atomic E-state index is 12.5. The summed E-state index contributed by atoms with van der Waals surface area (Å²) in [5, 5.41) is -0.0588. The van der Waals surface area contributed by atoms with Gasteiger partial charge in [0.25, 0.3) is 20.0 Å². The van der Waals surface area contributed by atoms with Crippen LogP contribution in [0.4, 0.5) is 11.4 Å². The van der Waals surface area contributed by atoms with E-state index in [0.717, 1.165) is 0 Å². The van der Waals surface area contributed by atoms with Gasteiger partial charge < -0.3 is 0 Å². The summed E-state index contributed by atoms with van der Waals surface area (Å²) in [4.78, 5) is 0.132. The van der Waals surface area contributed by atoms with Gasteiger partial charge in [0.1, 0.15) is 0 Å². The summed E-state index contributed by atoms with van der Waals surface area (Å²) in [7, 11) is -7.72. The van der Waals surface area contributed by atoms with E-state index in [1.165, 1.54) is 42.5 Å². The Bertz CT molecular complexity index is 1060. The average molecular weight is 423 g/mol. The van der Waals surface area contributed by atoms with Crippen molar-refractivity contribution in [1.29, 1.82) is 0 Å². The molecule has 0 aliphatic heterocycles. The third-order valence-corrected chi connectivity index (χ3v) is 6.76. The third-order valence-electron chi connectivity index (χ3n) is 3.59. The van der Waals surface area contributed by atoms with Crippen LogP contribution in [-0.2, 0) is 20.0 Å². The van der Waals surface area contributed by atoms with Crippen molar-refractivity contribution < 1.29 is 16.8 Å². The van der Waals surface area contributed by atoms with Gasteiger partial charge in [0.2, 0.25) is 0 Å². The molecule has 0 bridgehead atoms. The van der Waals surface area contributed by atoms with Crippen LogP contribution in [0.15, 0.2) is 88.7 Å². The molecule has 3 aromatic carbocycles. The topological polar surface area (TPSA) is 92.3 Å². The predicted octanol–water partition coefficient (Wildman–Crippen LogP) is 3.94. The number of halogens is 1. The van der Waals surface area contributed by atoms with Crippen LogP contribution in [0.1, 0.15) is 0 Å². The van der Waals surface area contributed by atoms with E-state index in [4.69, 9.17) is 11.6 Å². The first kappa shape index (κ1) is 19.2. The standard InChI is InChI=1S/C18H15ClN2O4S2/c19-18-16(20-26(22,23)14-8-3-1-4-9-14)12-7-13-17(18)21-27(24,25)15-10-5-2-6-11-15/h1-13,20-21H. The summed E-state index contributed by atoms with van der Waals surface area (Å²) in [6.45, 7) is 0. The summed E-state index contributed by atoms with van der Waals surface area (Å²) in [6, 6.07) is 20.0. The molecular formula is C18H15ClN2O4S2. The molecular weight excluding hydrogens is 408 g/mol. The fourth-order valence-corrected chi connectivity index (χ4v) is 4.81. The first-order chi connectivity index (χ1) is 12.8. The van der Waals surface area contributed by atoms with Crippen LogP contribution >= 0.6 is 11.6 Å². The maximum Gasteiger partial charge on any atom is 0.261 e. The van der Waals surface area contributed by atoms with Gasteiger partial charge in [0, 0.05) is 0 Å². The highest BCUT2D eigenvalue weighted by atomic mass is 35.5. The molecule has 0 spiro atoms. The van der Waals surface area contributed by atoms with Crippen LogP contribution in [-0.4, -0.2) is 16.8 Å². The Morgan fingerprint density at radius 1 is 0.556 bits per heavy atom. The van der Waals surface area contributed by atoms with Crippen molar-refractivity contribution in [3.8, 4) is 0 Å². The highest BCUT2D eigenvalue weighted by Gasteiger charge is 2.19. The fourth-order valence-electron chi connectivity index (χ4n) is 2.30. The lowest BCUT2D eigenvalue weighted by atomic mass is 10.3. The Labute approximate surface area is 162 Å².